The number of carbonyl (C=O) groups is 1. The van der Waals surface area contributed by atoms with Gasteiger partial charge in [0.1, 0.15) is 16.6 Å². The standard InChI is InChI=1S/C30H29F2N3OS/c1-21-2-4-22(5-3-21)28-20-37-29(33-28)18-27(36)19-34-14-16-35(17-15-34)30(23-6-10-25(31)11-7-23)24-8-12-26(32)13-9-24/h2-13,20,30H,14-19H2,1H3. The molecule has 0 unspecified atom stereocenters. The van der Waals surface area contributed by atoms with Crippen LogP contribution in [0.25, 0.3) is 11.3 Å². The highest BCUT2D eigenvalue weighted by molar-refractivity contribution is 7.10. The van der Waals surface area contributed by atoms with Crippen molar-refractivity contribution in [3.8, 4) is 11.3 Å². The molecule has 0 saturated carbocycles. The minimum atomic E-state index is -0.281. The van der Waals surface area contributed by atoms with Crippen molar-refractivity contribution in [1.29, 1.82) is 0 Å². The molecule has 37 heavy (non-hydrogen) atoms. The van der Waals surface area contributed by atoms with E-state index in [9.17, 15) is 13.6 Å². The highest BCUT2D eigenvalue weighted by atomic mass is 32.1. The van der Waals surface area contributed by atoms with Gasteiger partial charge in [-0.25, -0.2) is 13.8 Å². The second kappa shape index (κ2) is 11.4. The Morgan fingerprint density at radius 1 is 0.865 bits per heavy atom. The van der Waals surface area contributed by atoms with Crippen molar-refractivity contribution in [2.24, 2.45) is 0 Å². The summed E-state index contributed by atoms with van der Waals surface area (Å²) in [7, 11) is 0. The summed E-state index contributed by atoms with van der Waals surface area (Å²) in [4.78, 5) is 22.0. The lowest BCUT2D eigenvalue weighted by Gasteiger charge is -2.39. The van der Waals surface area contributed by atoms with Crippen molar-refractivity contribution in [3.63, 3.8) is 0 Å². The Morgan fingerprint density at radius 3 is 2.00 bits per heavy atom. The first-order valence-electron chi connectivity index (χ1n) is 12.4. The van der Waals surface area contributed by atoms with Crippen LogP contribution in [-0.4, -0.2) is 53.3 Å². The lowest BCUT2D eigenvalue weighted by Crippen LogP contribution is -2.49. The molecule has 0 radical (unpaired) electrons. The van der Waals surface area contributed by atoms with Crippen molar-refractivity contribution in [1.82, 2.24) is 14.8 Å². The third-order valence-corrected chi connectivity index (χ3v) is 7.64. The van der Waals surface area contributed by atoms with Crippen LogP contribution in [0, 0.1) is 18.6 Å². The van der Waals surface area contributed by atoms with E-state index in [0.29, 0.717) is 13.0 Å². The number of aromatic nitrogens is 1. The molecule has 0 N–H and O–H groups in total. The molecule has 1 aliphatic rings. The molecule has 4 aromatic rings. The van der Waals surface area contributed by atoms with Crippen LogP contribution in [0.3, 0.4) is 0 Å². The van der Waals surface area contributed by atoms with Gasteiger partial charge in [0.25, 0.3) is 0 Å². The third-order valence-electron chi connectivity index (χ3n) is 6.79. The summed E-state index contributed by atoms with van der Waals surface area (Å²) < 4.78 is 27.1. The molecule has 0 aliphatic carbocycles. The smallest absolute Gasteiger partial charge is 0.153 e. The van der Waals surface area contributed by atoms with E-state index < -0.39 is 0 Å². The summed E-state index contributed by atoms with van der Waals surface area (Å²) in [5.74, 6) is -0.404. The van der Waals surface area contributed by atoms with Crippen LogP contribution in [0.15, 0.2) is 78.2 Å². The number of carbonyl (C=O) groups excluding carboxylic acids is 1. The van der Waals surface area contributed by atoms with Crippen molar-refractivity contribution in [2.75, 3.05) is 32.7 Å². The van der Waals surface area contributed by atoms with Gasteiger partial charge in [-0.05, 0) is 42.3 Å². The SMILES string of the molecule is Cc1ccc(-c2csc(CC(=O)CN3CCN(C(c4ccc(F)cc4)c4ccc(F)cc4)CC3)n2)cc1. The van der Waals surface area contributed by atoms with Crippen LogP contribution in [0.4, 0.5) is 8.78 Å². The summed E-state index contributed by atoms with van der Waals surface area (Å²) in [6.07, 6.45) is 0.338. The van der Waals surface area contributed by atoms with E-state index in [0.717, 1.165) is 53.6 Å². The van der Waals surface area contributed by atoms with Crippen molar-refractivity contribution in [2.45, 2.75) is 19.4 Å². The maximum absolute atomic E-state index is 13.6. The molecule has 7 heteroatoms. The molecule has 5 rings (SSSR count). The Kier molecular flexibility index (Phi) is 7.84. The molecule has 0 bridgehead atoms. The van der Waals surface area contributed by atoms with Crippen molar-refractivity contribution < 1.29 is 13.6 Å². The normalized spacial score (nSPS) is 14.8. The van der Waals surface area contributed by atoms with Gasteiger partial charge in [0.05, 0.1) is 24.7 Å². The average molecular weight is 518 g/mol. The van der Waals surface area contributed by atoms with Gasteiger partial charge in [0, 0.05) is 37.1 Å². The molecule has 2 heterocycles. The zero-order valence-electron chi connectivity index (χ0n) is 20.7. The van der Waals surface area contributed by atoms with Crippen LogP contribution in [-0.2, 0) is 11.2 Å². The minimum absolute atomic E-state index is 0.102. The molecular weight excluding hydrogens is 488 g/mol. The summed E-state index contributed by atoms with van der Waals surface area (Å²) in [6.45, 7) is 5.45. The fourth-order valence-corrected chi connectivity index (χ4v) is 5.64. The first-order chi connectivity index (χ1) is 17.9. The van der Waals surface area contributed by atoms with Crippen molar-refractivity contribution >= 4 is 17.1 Å². The summed E-state index contributed by atoms with van der Waals surface area (Å²) in [6, 6.07) is 21.1. The van der Waals surface area contributed by atoms with Crippen LogP contribution in [0.2, 0.25) is 0 Å². The van der Waals surface area contributed by atoms with E-state index in [-0.39, 0.29) is 23.5 Å². The third kappa shape index (κ3) is 6.36. The van der Waals surface area contributed by atoms with Gasteiger partial charge in [-0.3, -0.25) is 14.6 Å². The van der Waals surface area contributed by atoms with Gasteiger partial charge in [0.2, 0.25) is 0 Å². The van der Waals surface area contributed by atoms with Crippen molar-refractivity contribution in [3.05, 3.63) is 112 Å². The monoisotopic (exact) mass is 517 g/mol. The minimum Gasteiger partial charge on any atom is -0.298 e. The van der Waals surface area contributed by atoms with Gasteiger partial charge in [-0.15, -0.1) is 11.3 Å². The van der Waals surface area contributed by atoms with Crippen LogP contribution < -0.4 is 0 Å². The van der Waals surface area contributed by atoms with Gasteiger partial charge in [0.15, 0.2) is 5.78 Å². The fraction of sp³-hybridized carbons (Fsp3) is 0.267. The van der Waals surface area contributed by atoms with E-state index in [2.05, 4.69) is 46.0 Å². The largest absolute Gasteiger partial charge is 0.298 e. The molecular formula is C30H29F2N3OS. The van der Waals surface area contributed by atoms with E-state index >= 15 is 0 Å². The number of halogens is 2. The molecule has 1 aliphatic heterocycles. The maximum Gasteiger partial charge on any atom is 0.153 e. The van der Waals surface area contributed by atoms with E-state index in [4.69, 9.17) is 0 Å². The summed E-state index contributed by atoms with van der Waals surface area (Å²) in [5, 5.41) is 2.85. The lowest BCUT2D eigenvalue weighted by molar-refractivity contribution is -0.120. The number of Topliss-reactive ketones (excluding diaryl/α,β-unsaturated/α-hetero) is 1. The van der Waals surface area contributed by atoms with E-state index in [1.807, 2.05) is 5.38 Å². The van der Waals surface area contributed by atoms with Gasteiger partial charge >= 0.3 is 0 Å². The lowest BCUT2D eigenvalue weighted by atomic mass is 9.96. The Balaban J connectivity index is 1.19. The maximum atomic E-state index is 13.6. The molecule has 0 spiro atoms. The number of benzene rings is 3. The number of thiazole rings is 1. The number of piperazine rings is 1. The second-order valence-corrected chi connectivity index (χ2v) is 10.5. The molecule has 4 nitrogen and oxygen atoms in total. The number of hydrogen-bond acceptors (Lipinski definition) is 5. The van der Waals surface area contributed by atoms with Gasteiger partial charge in [-0.1, -0.05) is 54.1 Å². The molecule has 1 aromatic heterocycles. The first-order valence-corrected chi connectivity index (χ1v) is 13.3. The van der Waals surface area contributed by atoms with E-state index in [1.165, 1.54) is 41.2 Å². The van der Waals surface area contributed by atoms with Crippen LogP contribution in [0.1, 0.15) is 27.7 Å². The van der Waals surface area contributed by atoms with Crippen LogP contribution in [0.5, 0.6) is 0 Å². The van der Waals surface area contributed by atoms with E-state index in [1.54, 1.807) is 24.3 Å². The Morgan fingerprint density at radius 2 is 1.43 bits per heavy atom. The molecule has 3 aromatic carbocycles. The Bertz CT molecular complexity index is 1280. The Hall–Kier alpha value is -3.26. The molecule has 1 saturated heterocycles. The highest BCUT2D eigenvalue weighted by Gasteiger charge is 2.27. The predicted octanol–water partition coefficient (Wildman–Crippen LogP) is 5.92. The highest BCUT2D eigenvalue weighted by Crippen LogP contribution is 2.30. The second-order valence-electron chi connectivity index (χ2n) is 9.53. The molecule has 190 valence electrons. The number of rotatable bonds is 8. The zero-order valence-corrected chi connectivity index (χ0v) is 21.6. The number of nitrogens with zero attached hydrogens (tertiary/aromatic N) is 3. The Labute approximate surface area is 220 Å². The number of aryl methyl sites for hydroxylation is 1. The van der Waals surface area contributed by atoms with Gasteiger partial charge < -0.3 is 0 Å². The molecule has 1 fully saturated rings. The first kappa shape index (κ1) is 25.4. The molecule has 0 amide bonds. The average Bonchev–Trinajstić information content (AvgIpc) is 3.36. The number of ketones is 1. The zero-order chi connectivity index (χ0) is 25.8. The molecule has 0 atom stereocenters. The fourth-order valence-electron chi connectivity index (χ4n) is 4.81. The quantitative estimate of drug-likeness (QED) is 0.291. The summed E-state index contributed by atoms with van der Waals surface area (Å²) >= 11 is 1.53. The van der Waals surface area contributed by atoms with Gasteiger partial charge in [-0.2, -0.15) is 0 Å². The van der Waals surface area contributed by atoms with Crippen LogP contribution >= 0.6 is 11.3 Å². The number of hydrogen-bond donors (Lipinski definition) is 0. The summed E-state index contributed by atoms with van der Waals surface area (Å²) in [5.41, 5.74) is 5.11. The predicted molar refractivity (Wildman–Crippen MR) is 144 cm³/mol. The topological polar surface area (TPSA) is 36.4 Å².